The SMILES string of the molecule is CN(Cc1ccccc1OC(F)(F)F)Cn1nc(C2CCS(=O)(=O)C2)n(C)c1=S. The van der Waals surface area contributed by atoms with Crippen molar-refractivity contribution in [1.29, 1.82) is 0 Å². The number of alkyl halides is 3. The van der Waals surface area contributed by atoms with Gasteiger partial charge in [0.2, 0.25) is 0 Å². The molecule has 0 amide bonds. The third-order valence-electron chi connectivity index (χ3n) is 4.69. The van der Waals surface area contributed by atoms with Gasteiger partial charge in [0.25, 0.3) is 0 Å². The first-order valence-electron chi connectivity index (χ1n) is 8.81. The molecule has 2 aromatic rings. The number of hydrogen-bond acceptors (Lipinski definition) is 6. The number of hydrogen-bond donors (Lipinski definition) is 0. The number of ether oxygens (including phenoxy) is 1. The average molecular weight is 451 g/mol. The Balaban J connectivity index is 1.75. The van der Waals surface area contributed by atoms with Crippen molar-refractivity contribution in [2.24, 2.45) is 7.05 Å². The van der Waals surface area contributed by atoms with Crippen LogP contribution in [0.25, 0.3) is 0 Å². The normalized spacial score (nSPS) is 19.0. The summed E-state index contributed by atoms with van der Waals surface area (Å²) in [5.74, 6) is 0.315. The molecule has 1 aliphatic rings. The molecule has 2 heterocycles. The van der Waals surface area contributed by atoms with Crippen LogP contribution in [-0.2, 0) is 30.1 Å². The standard InChI is InChI=1S/C17H21F3N4O3S2/c1-22(9-12-5-3-4-6-14(12)27-17(18,19)20)11-24-16(28)23(2)15(21-24)13-7-8-29(25,26)10-13/h3-6,13H,7-11H2,1-2H3. The van der Waals surface area contributed by atoms with Crippen molar-refractivity contribution in [2.45, 2.75) is 31.9 Å². The van der Waals surface area contributed by atoms with Gasteiger partial charge < -0.3 is 9.30 Å². The van der Waals surface area contributed by atoms with Crippen molar-refractivity contribution in [3.05, 3.63) is 40.4 Å². The molecule has 0 bridgehead atoms. The predicted octanol–water partition coefficient (Wildman–Crippen LogP) is 2.84. The molecule has 12 heteroatoms. The first-order chi connectivity index (χ1) is 13.5. The second-order valence-corrected chi connectivity index (χ2v) is 9.70. The highest BCUT2D eigenvalue weighted by atomic mass is 32.2. The maximum atomic E-state index is 12.6. The first-order valence-corrected chi connectivity index (χ1v) is 11.0. The van der Waals surface area contributed by atoms with E-state index in [9.17, 15) is 21.6 Å². The Bertz CT molecular complexity index is 1050. The molecule has 0 spiro atoms. The van der Waals surface area contributed by atoms with Crippen LogP contribution in [0.4, 0.5) is 13.2 Å². The third-order valence-corrected chi connectivity index (χ3v) is 6.94. The van der Waals surface area contributed by atoms with Crippen molar-refractivity contribution in [2.75, 3.05) is 18.6 Å². The van der Waals surface area contributed by atoms with Gasteiger partial charge in [0.1, 0.15) is 11.6 Å². The minimum Gasteiger partial charge on any atom is -0.405 e. The van der Waals surface area contributed by atoms with Crippen LogP contribution in [-0.4, -0.2) is 52.6 Å². The molecule has 29 heavy (non-hydrogen) atoms. The van der Waals surface area contributed by atoms with E-state index in [1.165, 1.54) is 12.1 Å². The smallest absolute Gasteiger partial charge is 0.405 e. The highest BCUT2D eigenvalue weighted by Crippen LogP contribution is 2.28. The molecule has 1 unspecified atom stereocenters. The molecule has 3 rings (SSSR count). The Labute approximate surface area is 171 Å². The Hall–Kier alpha value is -1.92. The van der Waals surface area contributed by atoms with Crippen molar-refractivity contribution < 1.29 is 26.3 Å². The third kappa shape index (κ3) is 5.37. The molecule has 0 N–H and O–H groups in total. The Morgan fingerprint density at radius 2 is 2.03 bits per heavy atom. The molecular formula is C17H21F3N4O3S2. The zero-order valence-corrected chi connectivity index (χ0v) is 17.5. The number of rotatable bonds is 6. The summed E-state index contributed by atoms with van der Waals surface area (Å²) < 4.78 is 69.0. The fourth-order valence-corrected chi connectivity index (χ4v) is 5.31. The Morgan fingerprint density at radius 3 is 2.66 bits per heavy atom. The molecular weight excluding hydrogens is 429 g/mol. The van der Waals surface area contributed by atoms with E-state index in [0.29, 0.717) is 22.6 Å². The zero-order valence-electron chi connectivity index (χ0n) is 15.9. The maximum absolute atomic E-state index is 12.6. The van der Waals surface area contributed by atoms with E-state index < -0.39 is 16.2 Å². The molecule has 1 atom stereocenters. The largest absolute Gasteiger partial charge is 0.573 e. The van der Waals surface area contributed by atoms with E-state index in [0.717, 1.165) is 0 Å². The minimum absolute atomic E-state index is 0.0463. The highest BCUT2D eigenvalue weighted by molar-refractivity contribution is 7.91. The van der Waals surface area contributed by atoms with Gasteiger partial charge in [-0.1, -0.05) is 18.2 Å². The van der Waals surface area contributed by atoms with Gasteiger partial charge in [-0.15, -0.1) is 13.2 Å². The molecule has 0 saturated carbocycles. The van der Waals surface area contributed by atoms with Gasteiger partial charge in [-0.3, -0.25) is 4.90 Å². The fourth-order valence-electron chi connectivity index (χ4n) is 3.38. The summed E-state index contributed by atoms with van der Waals surface area (Å²) in [6, 6.07) is 5.94. The molecule has 1 aliphatic heterocycles. The number of nitrogens with zero attached hydrogens (tertiary/aromatic N) is 4. The van der Waals surface area contributed by atoms with Crippen LogP contribution in [0.1, 0.15) is 23.7 Å². The number of benzene rings is 1. The molecule has 1 saturated heterocycles. The Kier molecular flexibility index (Phi) is 6.06. The summed E-state index contributed by atoms with van der Waals surface area (Å²) in [5, 5.41) is 4.48. The summed E-state index contributed by atoms with van der Waals surface area (Å²) in [4.78, 5) is 1.75. The van der Waals surface area contributed by atoms with Crippen LogP contribution < -0.4 is 4.74 Å². The Morgan fingerprint density at radius 1 is 1.34 bits per heavy atom. The summed E-state index contributed by atoms with van der Waals surface area (Å²) in [6.45, 7) is 0.407. The lowest BCUT2D eigenvalue weighted by molar-refractivity contribution is -0.275. The second kappa shape index (κ2) is 8.07. The monoisotopic (exact) mass is 450 g/mol. The van der Waals surface area contributed by atoms with Gasteiger partial charge in [-0.25, -0.2) is 13.1 Å². The van der Waals surface area contributed by atoms with E-state index in [1.54, 1.807) is 40.4 Å². The van der Waals surface area contributed by atoms with Gasteiger partial charge in [0.05, 0.1) is 18.2 Å². The van der Waals surface area contributed by atoms with Crippen molar-refractivity contribution in [1.82, 2.24) is 19.2 Å². The van der Waals surface area contributed by atoms with Crippen molar-refractivity contribution >= 4 is 22.1 Å². The van der Waals surface area contributed by atoms with E-state index in [-0.39, 0.29) is 36.4 Å². The maximum Gasteiger partial charge on any atom is 0.573 e. The van der Waals surface area contributed by atoms with E-state index >= 15 is 0 Å². The van der Waals surface area contributed by atoms with Crippen LogP contribution in [0.5, 0.6) is 5.75 Å². The number of para-hydroxylation sites is 1. The summed E-state index contributed by atoms with van der Waals surface area (Å²) in [5.41, 5.74) is 0.372. The summed E-state index contributed by atoms with van der Waals surface area (Å²) in [6.07, 6.45) is -4.27. The van der Waals surface area contributed by atoms with Gasteiger partial charge in [-0.05, 0) is 31.8 Å². The fraction of sp³-hybridized carbons (Fsp3) is 0.529. The molecule has 7 nitrogen and oxygen atoms in total. The van der Waals surface area contributed by atoms with Gasteiger partial charge in [-0.2, -0.15) is 5.10 Å². The molecule has 160 valence electrons. The van der Waals surface area contributed by atoms with Crippen LogP contribution in [0.2, 0.25) is 0 Å². The van der Waals surface area contributed by atoms with E-state index in [2.05, 4.69) is 9.84 Å². The van der Waals surface area contributed by atoms with E-state index in [4.69, 9.17) is 12.2 Å². The topological polar surface area (TPSA) is 69.4 Å². The molecule has 1 fully saturated rings. The molecule has 0 aliphatic carbocycles. The lowest BCUT2D eigenvalue weighted by atomic mass is 10.1. The number of aromatic nitrogens is 3. The van der Waals surface area contributed by atoms with Gasteiger partial charge >= 0.3 is 6.36 Å². The van der Waals surface area contributed by atoms with Crippen molar-refractivity contribution in [3.8, 4) is 5.75 Å². The van der Waals surface area contributed by atoms with Crippen molar-refractivity contribution in [3.63, 3.8) is 0 Å². The number of halogens is 3. The van der Waals surface area contributed by atoms with Crippen LogP contribution in [0, 0.1) is 4.77 Å². The highest BCUT2D eigenvalue weighted by Gasteiger charge is 2.33. The lowest BCUT2D eigenvalue weighted by Gasteiger charge is -2.19. The molecule has 1 aromatic carbocycles. The minimum atomic E-state index is -4.77. The van der Waals surface area contributed by atoms with E-state index in [1.807, 2.05) is 0 Å². The van der Waals surface area contributed by atoms with Gasteiger partial charge in [0.15, 0.2) is 14.6 Å². The lowest BCUT2D eigenvalue weighted by Crippen LogP contribution is -2.24. The van der Waals surface area contributed by atoms with Crippen LogP contribution in [0.15, 0.2) is 24.3 Å². The quantitative estimate of drug-likeness (QED) is 0.631. The number of sulfone groups is 1. The average Bonchev–Trinajstić information content (AvgIpc) is 3.09. The first kappa shape index (κ1) is 21.8. The summed E-state index contributed by atoms with van der Waals surface area (Å²) in [7, 11) is 0.397. The zero-order chi connectivity index (χ0) is 21.4. The van der Waals surface area contributed by atoms with Gasteiger partial charge in [0, 0.05) is 25.1 Å². The van der Waals surface area contributed by atoms with Crippen LogP contribution in [0.3, 0.4) is 0 Å². The van der Waals surface area contributed by atoms with Crippen LogP contribution >= 0.6 is 12.2 Å². The second-order valence-electron chi connectivity index (χ2n) is 7.11. The predicted molar refractivity (Wildman–Crippen MR) is 103 cm³/mol. The molecule has 0 radical (unpaired) electrons. The summed E-state index contributed by atoms with van der Waals surface area (Å²) >= 11 is 5.40. The molecule has 1 aromatic heterocycles.